The Balaban J connectivity index is 1.37. The predicted octanol–water partition coefficient (Wildman–Crippen LogP) is 3.90. The van der Waals surface area contributed by atoms with Gasteiger partial charge in [0.1, 0.15) is 0 Å². The van der Waals surface area contributed by atoms with Gasteiger partial charge in [-0.15, -0.1) is 0 Å². The van der Waals surface area contributed by atoms with Gasteiger partial charge in [0.25, 0.3) is 5.91 Å². The van der Waals surface area contributed by atoms with E-state index in [0.29, 0.717) is 17.1 Å². The number of piperidine rings is 1. The maximum absolute atomic E-state index is 12.4. The minimum atomic E-state index is -0.152. The molecular weight excluding hydrogens is 328 g/mol. The van der Waals surface area contributed by atoms with E-state index in [1.807, 2.05) is 12.1 Å². The average molecular weight is 352 g/mol. The average Bonchev–Trinajstić information content (AvgIpc) is 3.11. The Morgan fingerprint density at radius 2 is 1.96 bits per heavy atom. The van der Waals surface area contributed by atoms with Crippen LogP contribution < -0.4 is 14.8 Å². The monoisotopic (exact) mass is 352 g/mol. The lowest BCUT2D eigenvalue weighted by molar-refractivity contribution is 0.102. The van der Waals surface area contributed by atoms with Crippen LogP contribution in [0, 0.1) is 5.92 Å². The summed E-state index contributed by atoms with van der Waals surface area (Å²) in [5, 5.41) is 2.94. The SMILES string of the molecule is C[C@H]1CCCN(Cc2ccc(NC(=O)c3ccc4c(c3)OCO4)cc2)C1. The number of benzene rings is 2. The summed E-state index contributed by atoms with van der Waals surface area (Å²) < 4.78 is 10.6. The molecule has 1 saturated heterocycles. The summed E-state index contributed by atoms with van der Waals surface area (Å²) in [6, 6.07) is 13.3. The van der Waals surface area contributed by atoms with E-state index in [4.69, 9.17) is 9.47 Å². The zero-order valence-corrected chi connectivity index (χ0v) is 15.0. The minimum Gasteiger partial charge on any atom is -0.454 e. The summed E-state index contributed by atoms with van der Waals surface area (Å²) in [6.07, 6.45) is 2.62. The highest BCUT2D eigenvalue weighted by molar-refractivity contribution is 6.04. The van der Waals surface area contributed by atoms with Crippen molar-refractivity contribution in [3.05, 3.63) is 53.6 Å². The van der Waals surface area contributed by atoms with Crippen molar-refractivity contribution in [3.8, 4) is 11.5 Å². The third-order valence-electron chi connectivity index (χ3n) is 4.99. The van der Waals surface area contributed by atoms with E-state index in [9.17, 15) is 4.79 Å². The molecule has 1 atom stereocenters. The first-order valence-corrected chi connectivity index (χ1v) is 9.20. The van der Waals surface area contributed by atoms with Crippen LogP contribution in [0.25, 0.3) is 0 Å². The molecule has 0 bridgehead atoms. The molecule has 5 nitrogen and oxygen atoms in total. The van der Waals surface area contributed by atoms with Gasteiger partial charge in [-0.1, -0.05) is 19.1 Å². The maximum Gasteiger partial charge on any atom is 0.255 e. The summed E-state index contributed by atoms with van der Waals surface area (Å²) in [6.45, 7) is 5.84. The first kappa shape index (κ1) is 16.9. The lowest BCUT2D eigenvalue weighted by Gasteiger charge is -2.30. The molecule has 26 heavy (non-hydrogen) atoms. The van der Waals surface area contributed by atoms with Gasteiger partial charge >= 0.3 is 0 Å². The van der Waals surface area contributed by atoms with Crippen LogP contribution in [-0.2, 0) is 6.54 Å². The molecule has 2 aliphatic rings. The van der Waals surface area contributed by atoms with Crippen molar-refractivity contribution in [1.82, 2.24) is 4.90 Å². The largest absolute Gasteiger partial charge is 0.454 e. The van der Waals surface area contributed by atoms with Crippen LogP contribution >= 0.6 is 0 Å². The second-order valence-corrected chi connectivity index (χ2v) is 7.20. The van der Waals surface area contributed by atoms with Crippen LogP contribution in [0.3, 0.4) is 0 Å². The third-order valence-corrected chi connectivity index (χ3v) is 4.99. The van der Waals surface area contributed by atoms with Gasteiger partial charge in [0.05, 0.1) is 0 Å². The molecule has 0 unspecified atom stereocenters. The summed E-state index contributed by atoms with van der Waals surface area (Å²) >= 11 is 0. The summed E-state index contributed by atoms with van der Waals surface area (Å²) in [7, 11) is 0. The standard InChI is InChI=1S/C21H24N2O3/c1-15-3-2-10-23(12-15)13-16-4-7-18(8-5-16)22-21(24)17-6-9-19-20(11-17)26-14-25-19/h4-9,11,15H,2-3,10,12-14H2,1H3,(H,22,24)/t15-/m0/s1. The molecule has 136 valence electrons. The van der Waals surface area contributed by atoms with Crippen LogP contribution in [0.1, 0.15) is 35.7 Å². The molecule has 1 fully saturated rings. The van der Waals surface area contributed by atoms with Gasteiger partial charge in [0.2, 0.25) is 6.79 Å². The number of likely N-dealkylation sites (tertiary alicyclic amines) is 1. The van der Waals surface area contributed by atoms with Gasteiger partial charge < -0.3 is 14.8 Å². The van der Waals surface area contributed by atoms with E-state index in [1.54, 1.807) is 18.2 Å². The highest BCUT2D eigenvalue weighted by Gasteiger charge is 2.17. The Labute approximate surface area is 153 Å². The van der Waals surface area contributed by atoms with Crippen molar-refractivity contribution < 1.29 is 14.3 Å². The number of fused-ring (bicyclic) bond motifs is 1. The van der Waals surface area contributed by atoms with Gasteiger partial charge in [-0.3, -0.25) is 9.69 Å². The van der Waals surface area contributed by atoms with Crippen molar-refractivity contribution in [2.75, 3.05) is 25.2 Å². The lowest BCUT2D eigenvalue weighted by atomic mass is 10.00. The Kier molecular flexibility index (Phi) is 4.80. The Hall–Kier alpha value is -2.53. The van der Waals surface area contributed by atoms with Gasteiger partial charge in [0.15, 0.2) is 11.5 Å². The van der Waals surface area contributed by atoms with E-state index in [-0.39, 0.29) is 12.7 Å². The smallest absolute Gasteiger partial charge is 0.255 e. The number of ether oxygens (including phenoxy) is 2. The molecule has 1 amide bonds. The molecule has 0 spiro atoms. The van der Waals surface area contributed by atoms with Gasteiger partial charge in [-0.2, -0.15) is 0 Å². The number of hydrogen-bond donors (Lipinski definition) is 1. The number of anilines is 1. The topological polar surface area (TPSA) is 50.8 Å². The Morgan fingerprint density at radius 3 is 2.77 bits per heavy atom. The summed E-state index contributed by atoms with van der Waals surface area (Å²) in [5.41, 5.74) is 2.63. The second-order valence-electron chi connectivity index (χ2n) is 7.20. The number of nitrogens with zero attached hydrogens (tertiary/aromatic N) is 1. The van der Waals surface area contributed by atoms with Crippen molar-refractivity contribution in [1.29, 1.82) is 0 Å². The zero-order chi connectivity index (χ0) is 17.9. The summed E-state index contributed by atoms with van der Waals surface area (Å²) in [5.74, 6) is 1.92. The van der Waals surface area contributed by atoms with E-state index in [2.05, 4.69) is 29.3 Å². The van der Waals surface area contributed by atoms with Crippen LogP contribution in [0.2, 0.25) is 0 Å². The van der Waals surface area contributed by atoms with Crippen LogP contribution in [0.4, 0.5) is 5.69 Å². The number of rotatable bonds is 4. The van der Waals surface area contributed by atoms with Crippen molar-refractivity contribution in [2.45, 2.75) is 26.3 Å². The molecule has 0 aliphatic carbocycles. The molecule has 4 rings (SSSR count). The Bertz CT molecular complexity index is 788. The van der Waals surface area contributed by atoms with Gasteiger partial charge in [-0.05, 0) is 61.2 Å². The lowest BCUT2D eigenvalue weighted by Crippen LogP contribution is -2.33. The van der Waals surface area contributed by atoms with Crippen molar-refractivity contribution in [2.24, 2.45) is 5.92 Å². The predicted molar refractivity (Wildman–Crippen MR) is 101 cm³/mol. The van der Waals surface area contributed by atoms with E-state index < -0.39 is 0 Å². The number of nitrogens with one attached hydrogen (secondary N) is 1. The van der Waals surface area contributed by atoms with Crippen LogP contribution in [-0.4, -0.2) is 30.7 Å². The van der Waals surface area contributed by atoms with Gasteiger partial charge in [-0.25, -0.2) is 0 Å². The first-order chi connectivity index (χ1) is 12.7. The van der Waals surface area contributed by atoms with Crippen LogP contribution in [0.15, 0.2) is 42.5 Å². The van der Waals surface area contributed by atoms with Crippen molar-refractivity contribution in [3.63, 3.8) is 0 Å². The van der Waals surface area contributed by atoms with E-state index >= 15 is 0 Å². The fraction of sp³-hybridized carbons (Fsp3) is 0.381. The molecule has 5 heteroatoms. The van der Waals surface area contributed by atoms with Gasteiger partial charge in [0, 0.05) is 24.3 Å². The molecule has 2 aliphatic heterocycles. The minimum absolute atomic E-state index is 0.152. The molecule has 2 heterocycles. The normalized spacial score (nSPS) is 19.3. The maximum atomic E-state index is 12.4. The van der Waals surface area contributed by atoms with E-state index in [1.165, 1.54) is 31.5 Å². The quantitative estimate of drug-likeness (QED) is 0.907. The number of amides is 1. The highest BCUT2D eigenvalue weighted by Crippen LogP contribution is 2.32. The second kappa shape index (κ2) is 7.38. The first-order valence-electron chi connectivity index (χ1n) is 9.20. The molecular formula is C21H24N2O3. The fourth-order valence-corrected chi connectivity index (χ4v) is 3.62. The fourth-order valence-electron chi connectivity index (χ4n) is 3.62. The van der Waals surface area contributed by atoms with E-state index in [0.717, 1.165) is 18.2 Å². The molecule has 0 saturated carbocycles. The highest BCUT2D eigenvalue weighted by atomic mass is 16.7. The third kappa shape index (κ3) is 3.83. The molecule has 1 N–H and O–H groups in total. The molecule has 2 aromatic carbocycles. The Morgan fingerprint density at radius 1 is 1.15 bits per heavy atom. The number of hydrogen-bond acceptors (Lipinski definition) is 4. The molecule has 0 radical (unpaired) electrons. The number of carbonyl (C=O) groups is 1. The molecule has 0 aromatic heterocycles. The van der Waals surface area contributed by atoms with Crippen molar-refractivity contribution >= 4 is 11.6 Å². The zero-order valence-electron chi connectivity index (χ0n) is 15.0. The number of carbonyl (C=O) groups excluding carboxylic acids is 1. The summed E-state index contributed by atoms with van der Waals surface area (Å²) in [4.78, 5) is 14.9. The van der Waals surface area contributed by atoms with Crippen LogP contribution in [0.5, 0.6) is 11.5 Å². The molecule has 2 aromatic rings.